The predicted octanol–water partition coefficient (Wildman–Crippen LogP) is 1.98. The quantitative estimate of drug-likeness (QED) is 0.637. The van der Waals surface area contributed by atoms with E-state index in [1.54, 1.807) is 16.8 Å². The van der Waals surface area contributed by atoms with Crippen LogP contribution >= 0.6 is 11.9 Å². The Morgan fingerprint density at radius 3 is 2.94 bits per heavy atom. The van der Waals surface area contributed by atoms with E-state index in [0.29, 0.717) is 6.04 Å². The predicted molar refractivity (Wildman–Crippen MR) is 66.5 cm³/mol. The van der Waals surface area contributed by atoms with Crippen molar-refractivity contribution in [1.82, 2.24) is 9.62 Å². The number of hydrogen-bond acceptors (Lipinski definition) is 4. The molecule has 1 aliphatic heterocycles. The maximum atomic E-state index is 8.73. The molecule has 1 heterocycles. The Balaban J connectivity index is 1.68. The summed E-state index contributed by atoms with van der Waals surface area (Å²) in [6.45, 7) is 1.73. The Kier molecular flexibility index (Phi) is 4.09. The molecule has 4 heteroatoms. The first-order valence-corrected chi connectivity index (χ1v) is 6.43. The van der Waals surface area contributed by atoms with Gasteiger partial charge in [-0.3, -0.25) is 4.72 Å². The van der Waals surface area contributed by atoms with E-state index in [2.05, 4.69) is 35.2 Å². The SMILES string of the molecule is N#CN1CCC(NSCc2ccccc2)C1. The molecule has 84 valence electrons. The lowest BCUT2D eigenvalue weighted by molar-refractivity contribution is 0.475. The standard InChI is InChI=1S/C12H15N3S/c13-10-15-7-6-12(8-15)14-16-9-11-4-2-1-3-5-11/h1-5,12,14H,6-9H2. The molecule has 1 N–H and O–H groups in total. The van der Waals surface area contributed by atoms with Crippen molar-refractivity contribution >= 4 is 11.9 Å². The minimum atomic E-state index is 0.452. The number of benzene rings is 1. The molecule has 0 aliphatic carbocycles. The summed E-state index contributed by atoms with van der Waals surface area (Å²) < 4.78 is 3.42. The third-order valence-electron chi connectivity index (χ3n) is 2.66. The molecule has 2 rings (SSSR count). The van der Waals surface area contributed by atoms with Crippen LogP contribution in [0.5, 0.6) is 0 Å². The minimum Gasteiger partial charge on any atom is -0.309 e. The van der Waals surface area contributed by atoms with E-state index >= 15 is 0 Å². The highest BCUT2D eigenvalue weighted by Gasteiger charge is 2.20. The van der Waals surface area contributed by atoms with E-state index in [0.717, 1.165) is 25.3 Å². The van der Waals surface area contributed by atoms with Crippen LogP contribution in [-0.4, -0.2) is 24.0 Å². The number of likely N-dealkylation sites (tertiary alicyclic amines) is 1. The Bertz CT molecular complexity index is 360. The van der Waals surface area contributed by atoms with Crippen LogP contribution in [0.1, 0.15) is 12.0 Å². The van der Waals surface area contributed by atoms with Gasteiger partial charge in [-0.2, -0.15) is 5.26 Å². The molecule has 0 saturated carbocycles. The van der Waals surface area contributed by atoms with Gasteiger partial charge in [0.25, 0.3) is 0 Å². The second kappa shape index (κ2) is 5.78. The van der Waals surface area contributed by atoms with E-state index in [1.165, 1.54) is 5.56 Å². The lowest BCUT2D eigenvalue weighted by Crippen LogP contribution is -2.26. The van der Waals surface area contributed by atoms with Crippen LogP contribution in [-0.2, 0) is 5.75 Å². The van der Waals surface area contributed by atoms with Crippen LogP contribution in [0.3, 0.4) is 0 Å². The molecule has 1 saturated heterocycles. The van der Waals surface area contributed by atoms with E-state index < -0.39 is 0 Å². The summed E-state index contributed by atoms with van der Waals surface area (Å²) in [4.78, 5) is 1.81. The smallest absolute Gasteiger partial charge is 0.179 e. The third kappa shape index (κ3) is 3.16. The third-order valence-corrected chi connectivity index (χ3v) is 3.64. The Morgan fingerprint density at radius 2 is 2.25 bits per heavy atom. The highest BCUT2D eigenvalue weighted by atomic mass is 32.2. The van der Waals surface area contributed by atoms with Crippen molar-refractivity contribution in [3.63, 3.8) is 0 Å². The van der Waals surface area contributed by atoms with Crippen LogP contribution in [0.25, 0.3) is 0 Å². The highest BCUT2D eigenvalue weighted by molar-refractivity contribution is 7.96. The average molecular weight is 233 g/mol. The summed E-state index contributed by atoms with van der Waals surface area (Å²) in [5, 5.41) is 8.73. The van der Waals surface area contributed by atoms with Crippen molar-refractivity contribution < 1.29 is 0 Å². The van der Waals surface area contributed by atoms with Gasteiger partial charge in [0.2, 0.25) is 0 Å². The summed E-state index contributed by atoms with van der Waals surface area (Å²) in [5.74, 6) is 0.976. The molecule has 0 aromatic heterocycles. The number of rotatable bonds is 4. The fourth-order valence-corrected chi connectivity index (χ4v) is 2.63. The Morgan fingerprint density at radius 1 is 1.44 bits per heavy atom. The first-order valence-electron chi connectivity index (χ1n) is 5.44. The summed E-state index contributed by atoms with van der Waals surface area (Å²) in [7, 11) is 0. The summed E-state index contributed by atoms with van der Waals surface area (Å²) in [6.07, 6.45) is 3.25. The lowest BCUT2D eigenvalue weighted by Gasteiger charge is -2.11. The van der Waals surface area contributed by atoms with Gasteiger partial charge in [-0.15, -0.1) is 0 Å². The van der Waals surface area contributed by atoms with Crippen molar-refractivity contribution in [1.29, 1.82) is 5.26 Å². The summed E-state index contributed by atoms with van der Waals surface area (Å²) >= 11 is 1.73. The van der Waals surface area contributed by atoms with Gasteiger partial charge in [0.15, 0.2) is 6.19 Å². The fourth-order valence-electron chi connectivity index (χ4n) is 1.76. The number of hydrogen-bond donors (Lipinski definition) is 1. The van der Waals surface area contributed by atoms with Crippen molar-refractivity contribution in [3.05, 3.63) is 35.9 Å². The number of nitrogens with one attached hydrogen (secondary N) is 1. The molecule has 1 aliphatic rings. The molecule has 0 amide bonds. The van der Waals surface area contributed by atoms with Gasteiger partial charge in [-0.1, -0.05) is 42.3 Å². The Hall–Kier alpha value is -1.18. The molecule has 1 aromatic carbocycles. The molecule has 1 atom stereocenters. The van der Waals surface area contributed by atoms with Gasteiger partial charge in [-0.05, 0) is 12.0 Å². The van der Waals surface area contributed by atoms with Crippen LogP contribution in [0.2, 0.25) is 0 Å². The molecular formula is C12H15N3S. The van der Waals surface area contributed by atoms with E-state index in [1.807, 2.05) is 6.07 Å². The zero-order valence-electron chi connectivity index (χ0n) is 9.10. The van der Waals surface area contributed by atoms with Crippen molar-refractivity contribution in [3.8, 4) is 6.19 Å². The molecule has 0 spiro atoms. The van der Waals surface area contributed by atoms with Gasteiger partial charge >= 0.3 is 0 Å². The normalized spacial score (nSPS) is 19.7. The lowest BCUT2D eigenvalue weighted by atomic mass is 10.2. The van der Waals surface area contributed by atoms with E-state index in [4.69, 9.17) is 5.26 Å². The zero-order chi connectivity index (χ0) is 11.2. The second-order valence-electron chi connectivity index (χ2n) is 3.92. The molecule has 1 unspecified atom stereocenters. The summed E-state index contributed by atoms with van der Waals surface area (Å²) in [5.41, 5.74) is 1.33. The largest absolute Gasteiger partial charge is 0.309 e. The van der Waals surface area contributed by atoms with E-state index in [-0.39, 0.29) is 0 Å². The van der Waals surface area contributed by atoms with Gasteiger partial charge in [0.1, 0.15) is 0 Å². The minimum absolute atomic E-state index is 0.452. The second-order valence-corrected chi connectivity index (χ2v) is 4.74. The van der Waals surface area contributed by atoms with Gasteiger partial charge < -0.3 is 4.90 Å². The van der Waals surface area contributed by atoms with Crippen molar-refractivity contribution in [2.24, 2.45) is 0 Å². The van der Waals surface area contributed by atoms with E-state index in [9.17, 15) is 0 Å². The fraction of sp³-hybridized carbons (Fsp3) is 0.417. The van der Waals surface area contributed by atoms with Crippen LogP contribution in [0, 0.1) is 11.5 Å². The van der Waals surface area contributed by atoms with Crippen molar-refractivity contribution in [2.45, 2.75) is 18.2 Å². The molecule has 1 aromatic rings. The van der Waals surface area contributed by atoms with Crippen LogP contribution in [0.15, 0.2) is 30.3 Å². The summed E-state index contributed by atoms with van der Waals surface area (Å²) in [6, 6.07) is 10.9. The first-order chi connectivity index (χ1) is 7.88. The molecule has 0 bridgehead atoms. The maximum absolute atomic E-state index is 8.73. The first kappa shape index (κ1) is 11.3. The molecular weight excluding hydrogens is 218 g/mol. The molecule has 3 nitrogen and oxygen atoms in total. The highest BCUT2D eigenvalue weighted by Crippen LogP contribution is 2.14. The Labute approximate surface area is 101 Å². The monoisotopic (exact) mass is 233 g/mol. The number of nitrogens with zero attached hydrogens (tertiary/aromatic N) is 2. The average Bonchev–Trinajstić information content (AvgIpc) is 2.78. The van der Waals surface area contributed by atoms with Crippen LogP contribution < -0.4 is 4.72 Å². The number of nitriles is 1. The molecule has 16 heavy (non-hydrogen) atoms. The zero-order valence-corrected chi connectivity index (χ0v) is 9.91. The topological polar surface area (TPSA) is 39.1 Å². The maximum Gasteiger partial charge on any atom is 0.179 e. The van der Waals surface area contributed by atoms with Crippen molar-refractivity contribution in [2.75, 3.05) is 13.1 Å². The van der Waals surface area contributed by atoms with Crippen LogP contribution in [0.4, 0.5) is 0 Å². The molecule has 1 fully saturated rings. The van der Waals surface area contributed by atoms with Gasteiger partial charge in [-0.25, -0.2) is 0 Å². The van der Waals surface area contributed by atoms with Gasteiger partial charge in [0, 0.05) is 24.9 Å². The molecule has 0 radical (unpaired) electrons. The van der Waals surface area contributed by atoms with Gasteiger partial charge in [0.05, 0.1) is 0 Å².